The molecule has 0 unspecified atom stereocenters. The molecule has 2 aliphatic rings. The Labute approximate surface area is 96.9 Å². The fourth-order valence-electron chi connectivity index (χ4n) is 3.42. The molecule has 16 heavy (non-hydrogen) atoms. The van der Waals surface area contributed by atoms with Crippen LogP contribution < -0.4 is 0 Å². The first-order valence-electron chi connectivity index (χ1n) is 6.45. The predicted octanol–water partition coefficient (Wildman–Crippen LogP) is 3.62. The minimum absolute atomic E-state index is 0.380. The van der Waals surface area contributed by atoms with Gasteiger partial charge in [-0.25, -0.2) is 0 Å². The summed E-state index contributed by atoms with van der Waals surface area (Å²) in [4.78, 5) is 12.2. The summed E-state index contributed by atoms with van der Waals surface area (Å²) in [6, 6.07) is 8.21. The second-order valence-corrected chi connectivity index (χ2v) is 5.29. The van der Waals surface area contributed by atoms with Gasteiger partial charge < -0.3 is 0 Å². The van der Waals surface area contributed by atoms with E-state index in [1.54, 1.807) is 0 Å². The highest BCUT2D eigenvalue weighted by molar-refractivity contribution is 5.98. The second-order valence-electron chi connectivity index (χ2n) is 5.29. The minimum atomic E-state index is 0.380. The number of fused-ring (bicyclic) bond motifs is 2. The largest absolute Gasteiger partial charge is 0.294 e. The number of hydrogen-bond donors (Lipinski definition) is 0. The van der Waals surface area contributed by atoms with E-state index in [2.05, 4.69) is 12.1 Å². The number of carbonyl (C=O) groups is 1. The molecule has 0 aromatic heterocycles. The number of rotatable bonds is 0. The van der Waals surface area contributed by atoms with Crippen molar-refractivity contribution in [1.29, 1.82) is 0 Å². The zero-order valence-electron chi connectivity index (χ0n) is 9.61. The van der Waals surface area contributed by atoms with Crippen LogP contribution >= 0.6 is 0 Å². The van der Waals surface area contributed by atoms with Gasteiger partial charge in [-0.3, -0.25) is 4.79 Å². The first-order chi connectivity index (χ1) is 7.84. The van der Waals surface area contributed by atoms with Gasteiger partial charge in [-0.05, 0) is 36.7 Å². The van der Waals surface area contributed by atoms with E-state index >= 15 is 0 Å². The molecule has 2 aliphatic carbocycles. The Bertz CT molecular complexity index is 408. The molecule has 0 bridgehead atoms. The molecule has 1 fully saturated rings. The summed E-state index contributed by atoms with van der Waals surface area (Å²) in [5.41, 5.74) is 2.29. The van der Waals surface area contributed by atoms with Crippen LogP contribution in [-0.2, 0) is 6.42 Å². The van der Waals surface area contributed by atoms with Crippen LogP contribution in [0.3, 0.4) is 0 Å². The van der Waals surface area contributed by atoms with Crippen LogP contribution in [0.5, 0.6) is 0 Å². The molecule has 1 saturated carbocycles. The van der Waals surface area contributed by atoms with Gasteiger partial charge in [0, 0.05) is 12.0 Å². The zero-order valence-corrected chi connectivity index (χ0v) is 9.61. The highest BCUT2D eigenvalue weighted by Gasteiger charge is 2.31. The Hall–Kier alpha value is -1.11. The topological polar surface area (TPSA) is 17.1 Å². The molecule has 0 radical (unpaired) electrons. The van der Waals surface area contributed by atoms with Crippen LogP contribution in [0.2, 0.25) is 0 Å². The first-order valence-corrected chi connectivity index (χ1v) is 6.45. The quantitative estimate of drug-likeness (QED) is 0.644. The van der Waals surface area contributed by atoms with E-state index in [1.807, 2.05) is 12.1 Å². The van der Waals surface area contributed by atoms with Crippen molar-refractivity contribution >= 4 is 5.78 Å². The van der Waals surface area contributed by atoms with Crippen molar-refractivity contribution in [3.8, 4) is 0 Å². The average Bonchev–Trinajstić information content (AvgIpc) is 2.45. The average molecular weight is 214 g/mol. The summed E-state index contributed by atoms with van der Waals surface area (Å²) in [5.74, 6) is 1.81. The van der Waals surface area contributed by atoms with E-state index in [1.165, 1.54) is 31.2 Å². The number of Topliss-reactive ketones (excluding diaryl/α,β-unsaturated/α-hetero) is 1. The monoisotopic (exact) mass is 214 g/mol. The molecule has 0 N–H and O–H groups in total. The Morgan fingerprint density at radius 3 is 2.44 bits per heavy atom. The molecule has 1 nitrogen and oxygen atoms in total. The smallest absolute Gasteiger partial charge is 0.163 e. The van der Waals surface area contributed by atoms with E-state index in [4.69, 9.17) is 0 Å². The molecular weight excluding hydrogens is 196 g/mol. The van der Waals surface area contributed by atoms with E-state index in [0.29, 0.717) is 11.7 Å². The molecule has 0 aliphatic heterocycles. The van der Waals surface area contributed by atoms with Crippen molar-refractivity contribution < 1.29 is 4.79 Å². The third-order valence-corrected chi connectivity index (χ3v) is 4.31. The summed E-state index contributed by atoms with van der Waals surface area (Å²) in [5, 5.41) is 0. The van der Waals surface area contributed by atoms with Gasteiger partial charge in [0.05, 0.1) is 0 Å². The standard InChI is InChI=1S/C15H18O/c16-15-10-12-6-2-1-5-11(12)9-13-7-3-4-8-14(13)15/h3-4,7-8,11-12H,1-2,5-6,9-10H2/t11-,12-/m1/s1. The summed E-state index contributed by atoms with van der Waals surface area (Å²) in [7, 11) is 0. The van der Waals surface area contributed by atoms with Crippen LogP contribution in [0.15, 0.2) is 24.3 Å². The fraction of sp³-hybridized carbons (Fsp3) is 0.533. The van der Waals surface area contributed by atoms with Gasteiger partial charge in [-0.15, -0.1) is 0 Å². The molecule has 0 saturated heterocycles. The summed E-state index contributed by atoms with van der Waals surface area (Å²) in [6.07, 6.45) is 7.20. The van der Waals surface area contributed by atoms with E-state index in [-0.39, 0.29) is 0 Å². The fourth-order valence-corrected chi connectivity index (χ4v) is 3.42. The van der Waals surface area contributed by atoms with E-state index < -0.39 is 0 Å². The van der Waals surface area contributed by atoms with Gasteiger partial charge in [-0.2, -0.15) is 0 Å². The van der Waals surface area contributed by atoms with Crippen molar-refractivity contribution in [3.63, 3.8) is 0 Å². The van der Waals surface area contributed by atoms with Crippen molar-refractivity contribution in [1.82, 2.24) is 0 Å². The maximum Gasteiger partial charge on any atom is 0.163 e. The van der Waals surface area contributed by atoms with Gasteiger partial charge in [-0.1, -0.05) is 37.1 Å². The molecule has 84 valence electrons. The summed E-state index contributed by atoms with van der Waals surface area (Å²) >= 11 is 0. The predicted molar refractivity (Wildman–Crippen MR) is 64.5 cm³/mol. The SMILES string of the molecule is O=C1C[C@H]2CCCC[C@@H]2Cc2ccccc21. The van der Waals surface area contributed by atoms with Crippen LogP contribution in [0, 0.1) is 11.8 Å². The molecule has 2 atom stereocenters. The third-order valence-electron chi connectivity index (χ3n) is 4.31. The second kappa shape index (κ2) is 4.04. The number of carbonyl (C=O) groups excluding carboxylic acids is 1. The van der Waals surface area contributed by atoms with Crippen molar-refractivity contribution in [2.45, 2.75) is 38.5 Å². The van der Waals surface area contributed by atoms with Gasteiger partial charge in [0.15, 0.2) is 5.78 Å². The Morgan fingerprint density at radius 2 is 1.62 bits per heavy atom. The lowest BCUT2D eigenvalue weighted by molar-refractivity contribution is 0.0934. The van der Waals surface area contributed by atoms with E-state index in [0.717, 1.165) is 24.3 Å². The molecule has 1 aromatic carbocycles. The van der Waals surface area contributed by atoms with Crippen LogP contribution in [0.25, 0.3) is 0 Å². The molecular formula is C15H18O. The van der Waals surface area contributed by atoms with Gasteiger partial charge in [0.25, 0.3) is 0 Å². The Balaban J connectivity index is 1.97. The molecule has 3 rings (SSSR count). The highest BCUT2D eigenvalue weighted by atomic mass is 16.1. The first kappa shape index (κ1) is 10.1. The van der Waals surface area contributed by atoms with Crippen molar-refractivity contribution in [2.75, 3.05) is 0 Å². The number of ketones is 1. The lowest BCUT2D eigenvalue weighted by Crippen LogP contribution is -2.21. The maximum absolute atomic E-state index is 12.2. The van der Waals surface area contributed by atoms with Crippen LogP contribution in [-0.4, -0.2) is 5.78 Å². The summed E-state index contributed by atoms with van der Waals surface area (Å²) in [6.45, 7) is 0. The minimum Gasteiger partial charge on any atom is -0.294 e. The molecule has 1 aromatic rings. The number of benzene rings is 1. The summed E-state index contributed by atoms with van der Waals surface area (Å²) < 4.78 is 0. The van der Waals surface area contributed by atoms with E-state index in [9.17, 15) is 4.79 Å². The van der Waals surface area contributed by atoms with Gasteiger partial charge in [0.1, 0.15) is 0 Å². The van der Waals surface area contributed by atoms with Gasteiger partial charge >= 0.3 is 0 Å². The van der Waals surface area contributed by atoms with Crippen molar-refractivity contribution in [2.24, 2.45) is 11.8 Å². The normalized spacial score (nSPS) is 29.1. The number of hydrogen-bond acceptors (Lipinski definition) is 1. The lowest BCUT2D eigenvalue weighted by atomic mass is 9.76. The van der Waals surface area contributed by atoms with Crippen LogP contribution in [0.4, 0.5) is 0 Å². The highest BCUT2D eigenvalue weighted by Crippen LogP contribution is 2.38. The maximum atomic E-state index is 12.2. The Morgan fingerprint density at radius 1 is 0.938 bits per heavy atom. The third kappa shape index (κ3) is 1.68. The lowest BCUT2D eigenvalue weighted by Gasteiger charge is -2.29. The molecule has 0 spiro atoms. The molecule has 1 heteroatoms. The Kier molecular flexibility index (Phi) is 2.55. The zero-order chi connectivity index (χ0) is 11.0. The van der Waals surface area contributed by atoms with Crippen LogP contribution in [0.1, 0.15) is 48.0 Å². The van der Waals surface area contributed by atoms with Crippen molar-refractivity contribution in [3.05, 3.63) is 35.4 Å². The molecule has 0 amide bonds. The van der Waals surface area contributed by atoms with Gasteiger partial charge in [0.2, 0.25) is 0 Å². The molecule has 0 heterocycles.